The lowest BCUT2D eigenvalue weighted by molar-refractivity contribution is -0.116. The molecular formula is C12H19N3O2. The van der Waals surface area contributed by atoms with Gasteiger partial charge in [-0.15, -0.1) is 0 Å². The molecule has 0 aliphatic carbocycles. The van der Waals surface area contributed by atoms with Crippen molar-refractivity contribution in [2.45, 2.75) is 19.8 Å². The zero-order valence-corrected chi connectivity index (χ0v) is 10.3. The number of nitrogens with zero attached hydrogens (tertiary/aromatic N) is 1. The highest BCUT2D eigenvalue weighted by molar-refractivity contribution is 5.91. The summed E-state index contributed by atoms with van der Waals surface area (Å²) in [5.74, 6) is 0.450. The van der Waals surface area contributed by atoms with Gasteiger partial charge in [0.25, 0.3) is 0 Å². The van der Waals surface area contributed by atoms with Crippen LogP contribution in [0, 0.1) is 0 Å². The Morgan fingerprint density at radius 1 is 1.53 bits per heavy atom. The lowest BCUT2D eigenvalue weighted by atomic mass is 10.3. The van der Waals surface area contributed by atoms with Gasteiger partial charge in [-0.1, -0.05) is 0 Å². The Balaban J connectivity index is 2.52. The smallest absolute Gasteiger partial charge is 0.237 e. The van der Waals surface area contributed by atoms with E-state index >= 15 is 0 Å². The molecule has 2 N–H and O–H groups in total. The molecule has 0 unspecified atom stereocenters. The van der Waals surface area contributed by atoms with Gasteiger partial charge in [0.2, 0.25) is 11.8 Å². The molecule has 0 spiro atoms. The summed E-state index contributed by atoms with van der Waals surface area (Å²) in [5.41, 5.74) is 0.629. The highest BCUT2D eigenvalue weighted by Crippen LogP contribution is 2.20. The van der Waals surface area contributed by atoms with Gasteiger partial charge in [0, 0.05) is 12.6 Å². The lowest BCUT2D eigenvalue weighted by Gasteiger charge is -2.09. The monoisotopic (exact) mass is 237 g/mol. The van der Waals surface area contributed by atoms with E-state index in [1.165, 1.54) is 0 Å². The molecule has 0 fully saturated rings. The molecule has 5 heteroatoms. The average molecular weight is 237 g/mol. The second-order valence-corrected chi connectivity index (χ2v) is 3.54. The molecular weight excluding hydrogens is 218 g/mol. The van der Waals surface area contributed by atoms with E-state index < -0.39 is 0 Å². The van der Waals surface area contributed by atoms with Crippen LogP contribution in [0.15, 0.2) is 18.3 Å². The Kier molecular flexibility index (Phi) is 6.03. The van der Waals surface area contributed by atoms with Crippen molar-refractivity contribution in [1.82, 2.24) is 10.3 Å². The van der Waals surface area contributed by atoms with Crippen molar-refractivity contribution >= 4 is 11.6 Å². The molecule has 1 rings (SSSR count). The number of pyridine rings is 1. The first-order valence-corrected chi connectivity index (χ1v) is 5.80. The van der Waals surface area contributed by atoms with Crippen LogP contribution in [-0.2, 0) is 4.79 Å². The fourth-order valence-electron chi connectivity index (χ4n) is 1.38. The second kappa shape index (κ2) is 7.62. The van der Waals surface area contributed by atoms with Crippen molar-refractivity contribution in [3.8, 4) is 5.88 Å². The van der Waals surface area contributed by atoms with Crippen molar-refractivity contribution in [3.05, 3.63) is 18.3 Å². The van der Waals surface area contributed by atoms with E-state index in [9.17, 15) is 4.79 Å². The number of carbonyl (C=O) groups excluding carboxylic acids is 1. The Morgan fingerprint density at radius 2 is 2.35 bits per heavy atom. The molecule has 1 amide bonds. The quantitative estimate of drug-likeness (QED) is 0.704. The van der Waals surface area contributed by atoms with Gasteiger partial charge in [0.05, 0.1) is 6.61 Å². The summed E-state index contributed by atoms with van der Waals surface area (Å²) in [6.45, 7) is 3.24. The van der Waals surface area contributed by atoms with Crippen LogP contribution in [0.25, 0.3) is 0 Å². The van der Waals surface area contributed by atoms with Gasteiger partial charge < -0.3 is 15.4 Å². The number of anilines is 1. The molecule has 17 heavy (non-hydrogen) atoms. The molecule has 0 bridgehead atoms. The van der Waals surface area contributed by atoms with Crippen LogP contribution >= 0.6 is 0 Å². The summed E-state index contributed by atoms with van der Waals surface area (Å²) in [7, 11) is 1.87. The molecule has 1 aromatic heterocycles. The molecule has 5 nitrogen and oxygen atoms in total. The van der Waals surface area contributed by atoms with E-state index in [1.807, 2.05) is 14.0 Å². The van der Waals surface area contributed by atoms with Crippen LogP contribution in [0.4, 0.5) is 5.69 Å². The summed E-state index contributed by atoms with van der Waals surface area (Å²) < 4.78 is 5.33. The average Bonchev–Trinajstić information content (AvgIpc) is 2.32. The number of carbonyl (C=O) groups is 1. The van der Waals surface area contributed by atoms with Crippen molar-refractivity contribution in [3.63, 3.8) is 0 Å². The Morgan fingerprint density at radius 3 is 3.06 bits per heavy atom. The van der Waals surface area contributed by atoms with E-state index in [0.717, 1.165) is 13.0 Å². The van der Waals surface area contributed by atoms with Crippen LogP contribution in [0.3, 0.4) is 0 Å². The van der Waals surface area contributed by atoms with Crippen molar-refractivity contribution in [1.29, 1.82) is 0 Å². The zero-order valence-electron chi connectivity index (χ0n) is 10.3. The lowest BCUT2D eigenvalue weighted by Crippen LogP contribution is -2.16. The number of amides is 1. The van der Waals surface area contributed by atoms with Gasteiger partial charge in [0.1, 0.15) is 5.69 Å². The maximum atomic E-state index is 11.6. The summed E-state index contributed by atoms with van der Waals surface area (Å²) >= 11 is 0. The molecule has 0 aliphatic rings. The third-order valence-corrected chi connectivity index (χ3v) is 2.16. The minimum atomic E-state index is -0.0193. The second-order valence-electron chi connectivity index (χ2n) is 3.54. The standard InChI is InChI=1S/C12H19N3O2/c1-3-17-12-10(6-4-9-14-12)15-11(16)7-5-8-13-2/h4,6,9,13H,3,5,7-8H2,1-2H3,(H,15,16). The van der Waals surface area contributed by atoms with E-state index in [0.29, 0.717) is 24.6 Å². The predicted molar refractivity (Wildman–Crippen MR) is 67.2 cm³/mol. The van der Waals surface area contributed by atoms with Crippen molar-refractivity contribution in [2.24, 2.45) is 0 Å². The molecule has 0 saturated carbocycles. The van der Waals surface area contributed by atoms with Gasteiger partial charge in [-0.25, -0.2) is 4.98 Å². The fourth-order valence-corrected chi connectivity index (χ4v) is 1.38. The van der Waals surface area contributed by atoms with Crippen LogP contribution in [-0.4, -0.2) is 31.1 Å². The molecule has 1 heterocycles. The van der Waals surface area contributed by atoms with Crippen LogP contribution in [0.1, 0.15) is 19.8 Å². The number of hydrogen-bond acceptors (Lipinski definition) is 4. The van der Waals surface area contributed by atoms with E-state index in [-0.39, 0.29) is 5.91 Å². The van der Waals surface area contributed by atoms with Crippen LogP contribution < -0.4 is 15.4 Å². The van der Waals surface area contributed by atoms with Crippen LogP contribution in [0.5, 0.6) is 5.88 Å². The zero-order chi connectivity index (χ0) is 12.5. The number of hydrogen-bond donors (Lipinski definition) is 2. The van der Waals surface area contributed by atoms with Gasteiger partial charge in [-0.05, 0) is 39.1 Å². The molecule has 94 valence electrons. The Labute approximate surface area is 102 Å². The van der Waals surface area contributed by atoms with Gasteiger partial charge >= 0.3 is 0 Å². The largest absolute Gasteiger partial charge is 0.476 e. The number of aromatic nitrogens is 1. The Hall–Kier alpha value is -1.62. The van der Waals surface area contributed by atoms with Crippen LogP contribution in [0.2, 0.25) is 0 Å². The first-order valence-electron chi connectivity index (χ1n) is 5.80. The SMILES string of the molecule is CCOc1ncccc1NC(=O)CCCNC. The van der Waals surface area contributed by atoms with E-state index in [1.54, 1.807) is 18.3 Å². The molecule has 0 saturated heterocycles. The molecule has 0 radical (unpaired) electrons. The number of rotatable bonds is 7. The minimum Gasteiger partial charge on any atom is -0.476 e. The normalized spacial score (nSPS) is 10.0. The topological polar surface area (TPSA) is 63.2 Å². The van der Waals surface area contributed by atoms with E-state index in [4.69, 9.17) is 4.74 Å². The molecule has 0 atom stereocenters. The maximum Gasteiger partial charge on any atom is 0.237 e. The van der Waals surface area contributed by atoms with Gasteiger partial charge in [-0.3, -0.25) is 4.79 Å². The highest BCUT2D eigenvalue weighted by atomic mass is 16.5. The minimum absolute atomic E-state index is 0.0193. The summed E-state index contributed by atoms with van der Waals surface area (Å²) in [6.07, 6.45) is 2.94. The summed E-state index contributed by atoms with van der Waals surface area (Å²) in [4.78, 5) is 15.7. The molecule has 0 aromatic carbocycles. The fraction of sp³-hybridized carbons (Fsp3) is 0.500. The number of nitrogens with one attached hydrogen (secondary N) is 2. The molecule has 0 aliphatic heterocycles. The summed E-state index contributed by atoms with van der Waals surface area (Å²) in [6, 6.07) is 3.56. The van der Waals surface area contributed by atoms with Gasteiger partial charge in [-0.2, -0.15) is 0 Å². The number of ether oxygens (including phenoxy) is 1. The molecule has 1 aromatic rings. The third kappa shape index (κ3) is 4.82. The predicted octanol–water partition coefficient (Wildman–Crippen LogP) is 1.42. The first-order chi connectivity index (χ1) is 8.27. The summed E-state index contributed by atoms with van der Waals surface area (Å²) in [5, 5.41) is 5.80. The van der Waals surface area contributed by atoms with Gasteiger partial charge in [0.15, 0.2) is 0 Å². The first kappa shape index (κ1) is 13.4. The van der Waals surface area contributed by atoms with E-state index in [2.05, 4.69) is 15.6 Å². The van der Waals surface area contributed by atoms with Crippen molar-refractivity contribution < 1.29 is 9.53 Å². The third-order valence-electron chi connectivity index (χ3n) is 2.16. The van der Waals surface area contributed by atoms with Crippen molar-refractivity contribution in [2.75, 3.05) is 25.5 Å². The highest BCUT2D eigenvalue weighted by Gasteiger charge is 2.07. The Bertz CT molecular complexity index is 355. The maximum absolute atomic E-state index is 11.6.